The molecule has 3 aliphatic rings. The quantitative estimate of drug-likeness (QED) is 0.263. The fourth-order valence-corrected chi connectivity index (χ4v) is 5.36. The fourth-order valence-electron chi connectivity index (χ4n) is 5.36. The first-order valence-electron chi connectivity index (χ1n) is 10.4. The monoisotopic (exact) mass is 486 g/mol. The van der Waals surface area contributed by atoms with Crippen LogP contribution in [0.1, 0.15) is 22.8 Å². The number of benzene rings is 1. The molecule has 5 atom stereocenters. The number of aliphatic hydroxyl groups excluding tert-OH is 2. The SMILES string of the molecule is CC(=O)OC1C2C(=O)c3cccc(O)c3C(O)=C2C(=O)[C@]2(O)C(O)=C(C(N)=O)C(=O)[C@@H](N(C)C)C12. The number of aliphatic hydroxyl groups is 3. The van der Waals surface area contributed by atoms with Crippen molar-refractivity contribution in [1.29, 1.82) is 0 Å². The summed E-state index contributed by atoms with van der Waals surface area (Å²) >= 11 is 0. The Morgan fingerprint density at radius 3 is 2.26 bits per heavy atom. The lowest BCUT2D eigenvalue weighted by Gasteiger charge is -2.52. The summed E-state index contributed by atoms with van der Waals surface area (Å²) in [5.74, 6) is -12.0. The van der Waals surface area contributed by atoms with Crippen LogP contribution in [0.25, 0.3) is 5.76 Å². The van der Waals surface area contributed by atoms with Gasteiger partial charge >= 0.3 is 5.97 Å². The lowest BCUT2D eigenvalue weighted by atomic mass is 9.55. The number of phenols is 1. The van der Waals surface area contributed by atoms with Crippen LogP contribution in [0.2, 0.25) is 0 Å². The number of hydrogen-bond donors (Lipinski definition) is 5. The maximum Gasteiger partial charge on any atom is 0.302 e. The zero-order valence-corrected chi connectivity index (χ0v) is 18.8. The van der Waals surface area contributed by atoms with E-state index in [1.807, 2.05) is 0 Å². The number of phenolic OH excluding ortho intramolecular Hbond substituents is 1. The molecule has 1 aromatic rings. The third kappa shape index (κ3) is 3.03. The van der Waals surface area contributed by atoms with Crippen LogP contribution in [0.5, 0.6) is 5.75 Å². The molecule has 0 spiro atoms. The number of fused-ring (bicyclic) bond motifs is 3. The van der Waals surface area contributed by atoms with E-state index in [2.05, 4.69) is 0 Å². The number of Topliss-reactive ketones (excluding diaryl/α,β-unsaturated/α-hetero) is 3. The number of aromatic hydroxyl groups is 1. The van der Waals surface area contributed by atoms with Gasteiger partial charge in [0.25, 0.3) is 5.91 Å². The molecule has 12 heteroatoms. The van der Waals surface area contributed by atoms with Gasteiger partial charge in [0.2, 0.25) is 5.78 Å². The third-order valence-corrected chi connectivity index (χ3v) is 6.71. The minimum Gasteiger partial charge on any atom is -0.508 e. The first-order valence-corrected chi connectivity index (χ1v) is 10.4. The summed E-state index contributed by atoms with van der Waals surface area (Å²) in [4.78, 5) is 65.9. The Morgan fingerprint density at radius 1 is 1.09 bits per heavy atom. The van der Waals surface area contributed by atoms with Crippen molar-refractivity contribution in [3.63, 3.8) is 0 Å². The zero-order valence-electron chi connectivity index (χ0n) is 18.8. The van der Waals surface area contributed by atoms with Crippen molar-refractivity contribution >= 4 is 35.0 Å². The number of ketones is 3. The smallest absolute Gasteiger partial charge is 0.302 e. The van der Waals surface area contributed by atoms with Gasteiger partial charge in [0.15, 0.2) is 17.2 Å². The molecule has 0 radical (unpaired) electrons. The summed E-state index contributed by atoms with van der Waals surface area (Å²) in [6, 6.07) is 2.21. The van der Waals surface area contributed by atoms with Crippen molar-refractivity contribution in [2.75, 3.05) is 14.1 Å². The van der Waals surface area contributed by atoms with E-state index in [-0.39, 0.29) is 5.56 Å². The molecule has 1 saturated carbocycles. The van der Waals surface area contributed by atoms with Gasteiger partial charge in [-0.05, 0) is 20.2 Å². The summed E-state index contributed by atoms with van der Waals surface area (Å²) < 4.78 is 5.37. The number of hydrogen-bond acceptors (Lipinski definition) is 11. The normalized spacial score (nSPS) is 30.1. The number of rotatable bonds is 3. The van der Waals surface area contributed by atoms with Crippen molar-refractivity contribution in [2.24, 2.45) is 17.6 Å². The Balaban J connectivity index is 2.13. The molecule has 0 aromatic heterocycles. The average molecular weight is 486 g/mol. The van der Waals surface area contributed by atoms with Gasteiger partial charge < -0.3 is 30.9 Å². The molecule has 0 bridgehead atoms. The number of carbonyl (C=O) groups excluding carboxylic acids is 5. The lowest BCUT2D eigenvalue weighted by Crippen LogP contribution is -2.71. The number of carbonyl (C=O) groups is 5. The molecule has 0 aliphatic heterocycles. The molecule has 0 saturated heterocycles. The molecular formula is C23H22N2O10. The van der Waals surface area contributed by atoms with Crippen LogP contribution in [0.3, 0.4) is 0 Å². The number of primary amides is 1. The van der Waals surface area contributed by atoms with Crippen molar-refractivity contribution in [3.8, 4) is 5.75 Å². The summed E-state index contributed by atoms with van der Waals surface area (Å²) in [7, 11) is 2.75. The Hall–Kier alpha value is -4.03. The Kier molecular flexibility index (Phi) is 5.34. The highest BCUT2D eigenvalue weighted by Crippen LogP contribution is 2.53. The van der Waals surface area contributed by atoms with Crippen molar-refractivity contribution < 1.29 is 49.1 Å². The van der Waals surface area contributed by atoms with Gasteiger partial charge in [-0.3, -0.25) is 28.9 Å². The molecule has 6 N–H and O–H groups in total. The largest absolute Gasteiger partial charge is 0.508 e. The minimum atomic E-state index is -3.09. The van der Waals surface area contributed by atoms with Crippen molar-refractivity contribution in [1.82, 2.24) is 4.90 Å². The van der Waals surface area contributed by atoms with E-state index in [0.717, 1.165) is 13.0 Å². The topological polar surface area (TPSA) is 205 Å². The van der Waals surface area contributed by atoms with Crippen LogP contribution in [-0.2, 0) is 23.9 Å². The Morgan fingerprint density at radius 2 is 1.71 bits per heavy atom. The third-order valence-electron chi connectivity index (χ3n) is 6.71. The van der Waals surface area contributed by atoms with E-state index in [1.54, 1.807) is 0 Å². The molecule has 4 rings (SSSR count). The molecule has 12 nitrogen and oxygen atoms in total. The predicted octanol–water partition coefficient (Wildman–Crippen LogP) is -0.854. The predicted molar refractivity (Wildman–Crippen MR) is 116 cm³/mol. The first-order chi connectivity index (χ1) is 16.3. The molecule has 3 aliphatic carbocycles. The van der Waals surface area contributed by atoms with E-state index >= 15 is 0 Å². The summed E-state index contributed by atoms with van der Waals surface area (Å²) in [5.41, 5.74) is -0.199. The van der Waals surface area contributed by atoms with Crippen LogP contribution >= 0.6 is 0 Å². The van der Waals surface area contributed by atoms with E-state index in [0.29, 0.717) is 0 Å². The van der Waals surface area contributed by atoms with Crippen LogP contribution in [-0.4, -0.2) is 86.4 Å². The number of nitrogens with zero attached hydrogens (tertiary/aromatic N) is 1. The van der Waals surface area contributed by atoms with Crippen LogP contribution in [0, 0.1) is 11.8 Å². The molecule has 35 heavy (non-hydrogen) atoms. The van der Waals surface area contributed by atoms with Gasteiger partial charge in [-0.25, -0.2) is 0 Å². The second-order valence-electron chi connectivity index (χ2n) is 8.86. The van der Waals surface area contributed by atoms with Gasteiger partial charge in [-0.2, -0.15) is 0 Å². The second kappa shape index (κ2) is 7.75. The maximum absolute atomic E-state index is 13.8. The van der Waals surface area contributed by atoms with E-state index in [9.17, 15) is 44.4 Å². The molecule has 184 valence electrons. The summed E-state index contributed by atoms with van der Waals surface area (Å²) in [6.07, 6.45) is -1.75. The highest BCUT2D eigenvalue weighted by atomic mass is 16.5. The molecule has 0 heterocycles. The van der Waals surface area contributed by atoms with Crippen molar-refractivity contribution in [2.45, 2.75) is 24.7 Å². The van der Waals surface area contributed by atoms with Crippen molar-refractivity contribution in [3.05, 3.63) is 46.2 Å². The number of nitrogens with two attached hydrogens (primary N) is 1. The lowest BCUT2D eigenvalue weighted by molar-refractivity contribution is -0.180. The number of amides is 1. The average Bonchev–Trinajstić information content (AvgIpc) is 2.75. The summed E-state index contributed by atoms with van der Waals surface area (Å²) in [6.45, 7) is 0.992. The molecular weight excluding hydrogens is 464 g/mol. The Labute approximate surface area is 197 Å². The molecule has 1 amide bonds. The van der Waals surface area contributed by atoms with Gasteiger partial charge in [-0.1, -0.05) is 12.1 Å². The number of likely N-dealkylation sites (N-methyl/N-ethyl adjacent to an activating group) is 1. The highest BCUT2D eigenvalue weighted by Gasteiger charge is 2.70. The van der Waals surface area contributed by atoms with Gasteiger partial charge in [0.1, 0.15) is 28.9 Å². The van der Waals surface area contributed by atoms with E-state index in [1.165, 1.54) is 31.1 Å². The highest BCUT2D eigenvalue weighted by molar-refractivity contribution is 6.26. The van der Waals surface area contributed by atoms with Gasteiger partial charge in [0, 0.05) is 12.5 Å². The first kappa shape index (κ1) is 24.1. The van der Waals surface area contributed by atoms with E-state index < -0.39 is 92.8 Å². The molecule has 1 fully saturated rings. The van der Waals surface area contributed by atoms with E-state index in [4.69, 9.17) is 10.5 Å². The van der Waals surface area contributed by atoms with Gasteiger partial charge in [-0.15, -0.1) is 0 Å². The minimum absolute atomic E-state index is 0.187. The van der Waals surface area contributed by atoms with Crippen LogP contribution < -0.4 is 5.73 Å². The van der Waals surface area contributed by atoms with Gasteiger partial charge in [0.05, 0.1) is 29.0 Å². The maximum atomic E-state index is 13.8. The zero-order chi connectivity index (χ0) is 26.1. The number of esters is 1. The fraction of sp³-hybridized carbons (Fsp3) is 0.348. The second-order valence-corrected chi connectivity index (χ2v) is 8.86. The van der Waals surface area contributed by atoms with Crippen LogP contribution in [0.4, 0.5) is 0 Å². The van der Waals surface area contributed by atoms with Crippen LogP contribution in [0.15, 0.2) is 35.1 Å². The number of ether oxygens (including phenoxy) is 1. The Bertz CT molecular complexity index is 1290. The molecule has 1 aromatic carbocycles. The summed E-state index contributed by atoms with van der Waals surface area (Å²) in [5, 5.41) is 43.8. The molecule has 3 unspecified atom stereocenters. The standard InChI is InChI=1S/C23H22N2O10/c1-7(26)35-19-11-12(17(29)10-8(16(11)28)5-4-6-9(10)27)20(31)23(34)14(19)15(25(2)3)18(30)13(21(23)32)22(24)33/h4-6,11,14-15,19,27,29,32,34H,1-3H3,(H2,24,33)/t11?,14?,15-,19?,23-/m0/s1.